The molecule has 7 rings (SSSR count). The number of hydrogen-bond acceptors (Lipinski definition) is 5. The van der Waals surface area contributed by atoms with Crippen LogP contribution in [-0.2, 0) is 0 Å². The molecule has 2 aromatic heterocycles. The fourth-order valence-corrected chi connectivity index (χ4v) is 6.50. The maximum Gasteiger partial charge on any atom is 0.139 e. The van der Waals surface area contributed by atoms with Crippen LogP contribution in [0.5, 0.6) is 0 Å². The summed E-state index contributed by atoms with van der Waals surface area (Å²) in [6.07, 6.45) is 13.2. The Hall–Kier alpha value is -4.49. The van der Waals surface area contributed by atoms with E-state index in [1.165, 1.54) is 43.0 Å². The fourth-order valence-electron chi connectivity index (χ4n) is 6.50. The molecule has 1 aliphatic carbocycles. The Kier molecular flexibility index (Phi) is 7.41. The second kappa shape index (κ2) is 11.7. The first-order valence-corrected chi connectivity index (χ1v) is 15.3. The van der Waals surface area contributed by atoms with Gasteiger partial charge in [0.1, 0.15) is 12.0 Å². The highest BCUT2D eigenvalue weighted by Crippen LogP contribution is 2.40. The van der Waals surface area contributed by atoms with E-state index in [0.29, 0.717) is 11.3 Å². The number of allylic oxidation sites excluding steroid dienone is 2. The van der Waals surface area contributed by atoms with Gasteiger partial charge in [0.2, 0.25) is 0 Å². The molecular weight excluding hydrogens is 535 g/mol. The van der Waals surface area contributed by atoms with Gasteiger partial charge in [-0.2, -0.15) is 0 Å². The maximum absolute atomic E-state index is 14.8. The van der Waals surface area contributed by atoms with Crippen LogP contribution in [0.15, 0.2) is 96.4 Å². The largest absolute Gasteiger partial charge is 0.368 e. The lowest BCUT2D eigenvalue weighted by molar-refractivity contribution is 0.502. The molecule has 0 bridgehead atoms. The van der Waals surface area contributed by atoms with Crippen LogP contribution in [-0.4, -0.2) is 41.5 Å². The van der Waals surface area contributed by atoms with E-state index in [1.54, 1.807) is 24.5 Å². The summed E-state index contributed by atoms with van der Waals surface area (Å²) in [7, 11) is 0. The van der Waals surface area contributed by atoms with Crippen molar-refractivity contribution in [2.24, 2.45) is 10.9 Å². The van der Waals surface area contributed by atoms with Crippen LogP contribution in [0.25, 0.3) is 27.7 Å². The normalized spacial score (nSPS) is 18.4. The average molecular weight is 573 g/mol. The lowest BCUT2D eigenvalue weighted by atomic mass is 9.96. The molecule has 0 amide bonds. The molecule has 1 saturated carbocycles. The predicted molar refractivity (Wildman–Crippen MR) is 175 cm³/mol. The van der Waals surface area contributed by atoms with Gasteiger partial charge in [-0.1, -0.05) is 49.3 Å². The van der Waals surface area contributed by atoms with Crippen molar-refractivity contribution < 1.29 is 4.39 Å². The van der Waals surface area contributed by atoms with Gasteiger partial charge in [-0.25, -0.2) is 4.39 Å². The van der Waals surface area contributed by atoms with Gasteiger partial charge in [0, 0.05) is 46.7 Å². The number of anilines is 1. The van der Waals surface area contributed by atoms with Crippen LogP contribution >= 0.6 is 0 Å². The smallest absolute Gasteiger partial charge is 0.139 e. The molecule has 3 N–H and O–H groups in total. The third-order valence-corrected chi connectivity index (χ3v) is 8.76. The number of benzene rings is 2. The number of hydrogen-bond donors (Lipinski definition) is 3. The number of rotatable bonds is 10. The molecule has 1 unspecified atom stereocenters. The van der Waals surface area contributed by atoms with Gasteiger partial charge in [-0.3, -0.25) is 9.98 Å². The summed E-state index contributed by atoms with van der Waals surface area (Å²) in [6, 6.07) is 17.4. The van der Waals surface area contributed by atoms with Crippen LogP contribution in [0.2, 0.25) is 0 Å². The highest BCUT2D eigenvalue weighted by molar-refractivity contribution is 6.19. The van der Waals surface area contributed by atoms with E-state index in [1.807, 2.05) is 18.3 Å². The summed E-state index contributed by atoms with van der Waals surface area (Å²) >= 11 is 0. The number of H-pyrrole nitrogens is 1. The summed E-state index contributed by atoms with van der Waals surface area (Å²) in [5.41, 5.74) is 9.55. The molecular formula is C36H37FN6. The van der Waals surface area contributed by atoms with Crippen molar-refractivity contribution in [1.82, 2.24) is 20.6 Å². The summed E-state index contributed by atoms with van der Waals surface area (Å²) in [5, 5.41) is 7.73. The van der Waals surface area contributed by atoms with Crippen LogP contribution in [0.1, 0.15) is 49.4 Å². The molecule has 2 aromatic carbocycles. The van der Waals surface area contributed by atoms with Gasteiger partial charge < -0.3 is 20.5 Å². The van der Waals surface area contributed by atoms with Crippen molar-refractivity contribution in [3.05, 3.63) is 114 Å². The number of halogens is 1. The second-order valence-corrected chi connectivity index (χ2v) is 11.9. The van der Waals surface area contributed by atoms with Crippen molar-refractivity contribution in [2.75, 3.05) is 24.5 Å². The molecule has 1 saturated heterocycles. The van der Waals surface area contributed by atoms with Crippen LogP contribution in [0.4, 0.5) is 10.1 Å². The van der Waals surface area contributed by atoms with Crippen molar-refractivity contribution in [1.29, 1.82) is 0 Å². The van der Waals surface area contributed by atoms with E-state index < -0.39 is 0 Å². The lowest BCUT2D eigenvalue weighted by Crippen LogP contribution is -2.23. The first kappa shape index (κ1) is 27.3. The molecule has 0 radical (unpaired) electrons. The number of nitrogens with zero attached hydrogens (tertiary/aromatic N) is 3. The third-order valence-electron chi connectivity index (χ3n) is 8.76. The Morgan fingerprint density at radius 2 is 1.98 bits per heavy atom. The summed E-state index contributed by atoms with van der Waals surface area (Å²) < 4.78 is 14.8. The Balaban J connectivity index is 1.22. The van der Waals surface area contributed by atoms with Gasteiger partial charge in [-0.15, -0.1) is 0 Å². The van der Waals surface area contributed by atoms with Crippen LogP contribution in [0.3, 0.4) is 0 Å². The highest BCUT2D eigenvalue weighted by Gasteiger charge is 2.40. The van der Waals surface area contributed by atoms with Gasteiger partial charge in [0.25, 0.3) is 0 Å². The minimum Gasteiger partial charge on any atom is -0.368 e. The SMILES string of the molecule is C=CN/C=C(\C=C(/C)CNCC1CCCC1)c1ccc2c(c1)C(c1cc3c(-c4ccccc4F)nccc3[nH]1)=NC1CN21. The molecule has 3 aliphatic rings. The monoisotopic (exact) mass is 572 g/mol. The van der Waals surface area contributed by atoms with Crippen LogP contribution in [0, 0.1) is 11.7 Å². The summed E-state index contributed by atoms with van der Waals surface area (Å²) in [6.45, 7) is 8.88. The number of aromatic amines is 1. The quantitative estimate of drug-likeness (QED) is 0.139. The maximum atomic E-state index is 14.8. The van der Waals surface area contributed by atoms with Gasteiger partial charge >= 0.3 is 0 Å². The standard InChI is InChI=1S/C36H37FN6/c1-3-38-21-26(16-23(2)19-39-20-24-8-4-5-9-24)25-12-13-33-29(17-25)36(42-34-22-43(33)34)32-18-28-31(41-32)14-15-40-35(28)27-10-6-7-11-30(27)37/h3,6-7,10-18,21,24,34,38-39,41H,1,4-5,8-9,19-20,22H2,2H3/b23-16+,26-21+. The Labute approximate surface area is 252 Å². The molecule has 6 nitrogen and oxygen atoms in total. The third kappa shape index (κ3) is 5.53. The van der Waals surface area contributed by atoms with E-state index >= 15 is 0 Å². The number of fused-ring (bicyclic) bond motifs is 4. The van der Waals surface area contributed by atoms with E-state index in [4.69, 9.17) is 4.99 Å². The zero-order chi connectivity index (χ0) is 29.3. The minimum absolute atomic E-state index is 0.148. The number of nitrogens with one attached hydrogen (secondary N) is 3. The van der Waals surface area contributed by atoms with Crippen molar-refractivity contribution >= 4 is 27.9 Å². The van der Waals surface area contributed by atoms with E-state index in [9.17, 15) is 4.39 Å². The zero-order valence-electron chi connectivity index (χ0n) is 24.5. The molecule has 4 aromatic rings. The molecule has 2 fully saturated rings. The predicted octanol–water partition coefficient (Wildman–Crippen LogP) is 7.17. The Morgan fingerprint density at radius 1 is 1.12 bits per heavy atom. The average Bonchev–Trinajstić information content (AvgIpc) is 3.39. The number of aromatic nitrogens is 2. The number of aliphatic imine (C=N–C) groups is 1. The number of pyridine rings is 1. The Bertz CT molecular complexity index is 1770. The first-order chi connectivity index (χ1) is 21.1. The van der Waals surface area contributed by atoms with E-state index in [-0.39, 0.29) is 12.0 Å². The fraction of sp³-hybridized carbons (Fsp3) is 0.278. The van der Waals surface area contributed by atoms with Gasteiger partial charge in [0.05, 0.1) is 23.6 Å². The van der Waals surface area contributed by atoms with Crippen LogP contribution < -0.4 is 15.5 Å². The van der Waals surface area contributed by atoms with Crippen molar-refractivity contribution in [3.8, 4) is 11.3 Å². The topological polar surface area (TPSA) is 68.1 Å². The molecule has 4 heterocycles. The second-order valence-electron chi connectivity index (χ2n) is 11.9. The molecule has 0 spiro atoms. The summed E-state index contributed by atoms with van der Waals surface area (Å²) in [4.78, 5) is 15.6. The Morgan fingerprint density at radius 3 is 2.81 bits per heavy atom. The molecule has 1 atom stereocenters. The highest BCUT2D eigenvalue weighted by atomic mass is 19.1. The molecule has 7 heteroatoms. The zero-order valence-corrected chi connectivity index (χ0v) is 24.5. The van der Waals surface area contributed by atoms with Crippen molar-refractivity contribution in [2.45, 2.75) is 38.8 Å². The van der Waals surface area contributed by atoms with E-state index in [0.717, 1.165) is 64.6 Å². The minimum atomic E-state index is -0.284. The van der Waals surface area contributed by atoms with E-state index in [2.05, 4.69) is 69.3 Å². The van der Waals surface area contributed by atoms with Crippen molar-refractivity contribution in [3.63, 3.8) is 0 Å². The lowest BCUT2D eigenvalue weighted by Gasteiger charge is -2.19. The van der Waals surface area contributed by atoms with Gasteiger partial charge in [0.15, 0.2) is 0 Å². The molecule has 218 valence electrons. The molecule has 43 heavy (non-hydrogen) atoms. The van der Waals surface area contributed by atoms with Gasteiger partial charge in [-0.05, 0) is 86.0 Å². The summed E-state index contributed by atoms with van der Waals surface area (Å²) in [5.74, 6) is 0.529. The first-order valence-electron chi connectivity index (χ1n) is 15.3. The molecule has 2 aliphatic heterocycles.